The van der Waals surface area contributed by atoms with Crippen molar-refractivity contribution in [2.45, 2.75) is 39.8 Å². The Morgan fingerprint density at radius 1 is 1.47 bits per heavy atom. The van der Waals surface area contributed by atoms with Crippen LogP contribution >= 0.6 is 0 Å². The minimum absolute atomic E-state index is 0.937. The van der Waals surface area contributed by atoms with E-state index in [0.29, 0.717) is 0 Å². The van der Waals surface area contributed by atoms with E-state index in [2.05, 4.69) is 47.1 Å². The summed E-state index contributed by atoms with van der Waals surface area (Å²) in [5.74, 6) is 5.94. The molecule has 1 heterocycles. The Hall–Kier alpha value is -1.20. The van der Waals surface area contributed by atoms with E-state index in [1.807, 2.05) is 6.92 Å². The molecule has 0 atom stereocenters. The fraction of sp³-hybridized carbons (Fsp3) is 0.538. The van der Waals surface area contributed by atoms with Crippen molar-refractivity contribution < 1.29 is 0 Å². The smallest absolute Gasteiger partial charge is 0.0220 e. The van der Waals surface area contributed by atoms with Crippen LogP contribution in [0, 0.1) is 11.8 Å². The molecule has 15 heavy (non-hydrogen) atoms. The first-order valence-corrected chi connectivity index (χ1v) is 5.61. The Bertz CT molecular complexity index is 328. The van der Waals surface area contributed by atoms with Gasteiger partial charge in [-0.05, 0) is 25.0 Å². The Balaban J connectivity index is 2.21. The molecule has 0 aliphatic heterocycles. The number of hydrogen-bond acceptors (Lipinski definition) is 1. The van der Waals surface area contributed by atoms with Crippen LogP contribution < -0.4 is 5.32 Å². The van der Waals surface area contributed by atoms with E-state index in [4.69, 9.17) is 0 Å². The average molecular weight is 204 g/mol. The van der Waals surface area contributed by atoms with Crippen molar-refractivity contribution in [1.82, 2.24) is 9.88 Å². The summed E-state index contributed by atoms with van der Waals surface area (Å²) < 4.78 is 2.24. The molecule has 0 aliphatic carbocycles. The number of nitrogens with one attached hydrogen (secondary N) is 1. The predicted molar refractivity (Wildman–Crippen MR) is 64.5 cm³/mol. The molecule has 0 unspecified atom stereocenters. The molecule has 2 nitrogen and oxygen atoms in total. The summed E-state index contributed by atoms with van der Waals surface area (Å²) in [5, 5.41) is 3.38. The second-order valence-corrected chi connectivity index (χ2v) is 3.61. The predicted octanol–water partition coefficient (Wildman–Crippen LogP) is 2.40. The number of nitrogens with zero attached hydrogens (tertiary/aromatic N) is 1. The van der Waals surface area contributed by atoms with Gasteiger partial charge >= 0.3 is 0 Å². The van der Waals surface area contributed by atoms with Gasteiger partial charge in [-0.1, -0.05) is 6.92 Å². The van der Waals surface area contributed by atoms with Gasteiger partial charge in [-0.3, -0.25) is 0 Å². The lowest BCUT2D eigenvalue weighted by Gasteiger charge is -2.00. The molecule has 1 aromatic rings. The van der Waals surface area contributed by atoms with E-state index in [1.54, 1.807) is 0 Å². The lowest BCUT2D eigenvalue weighted by molar-refractivity contribution is 0.671. The molecule has 0 bridgehead atoms. The Morgan fingerprint density at radius 2 is 2.33 bits per heavy atom. The van der Waals surface area contributed by atoms with Gasteiger partial charge in [-0.15, -0.1) is 11.8 Å². The van der Waals surface area contributed by atoms with Gasteiger partial charge in [-0.2, -0.15) is 0 Å². The van der Waals surface area contributed by atoms with Gasteiger partial charge in [0.2, 0.25) is 0 Å². The fourth-order valence-corrected chi connectivity index (χ4v) is 1.50. The zero-order chi connectivity index (χ0) is 10.9. The Morgan fingerprint density at radius 3 is 3.07 bits per heavy atom. The zero-order valence-electron chi connectivity index (χ0n) is 9.71. The molecule has 82 valence electrons. The van der Waals surface area contributed by atoms with Crippen molar-refractivity contribution in [1.29, 1.82) is 0 Å². The topological polar surface area (TPSA) is 17.0 Å². The van der Waals surface area contributed by atoms with E-state index in [9.17, 15) is 0 Å². The second-order valence-electron chi connectivity index (χ2n) is 3.61. The van der Waals surface area contributed by atoms with Gasteiger partial charge in [0.15, 0.2) is 0 Å². The minimum Gasteiger partial charge on any atom is -0.354 e. The molecule has 2 heteroatoms. The molecule has 0 aromatic carbocycles. The van der Waals surface area contributed by atoms with Crippen LogP contribution in [0.3, 0.4) is 0 Å². The molecule has 1 N–H and O–H groups in total. The summed E-state index contributed by atoms with van der Waals surface area (Å²) in [5.41, 5.74) is 1.35. The van der Waals surface area contributed by atoms with Crippen LogP contribution in [0.15, 0.2) is 18.5 Å². The summed E-state index contributed by atoms with van der Waals surface area (Å²) in [6, 6.07) is 2.17. The highest BCUT2D eigenvalue weighted by Gasteiger charge is 1.95. The van der Waals surface area contributed by atoms with Crippen LogP contribution in [0.1, 0.15) is 32.3 Å². The van der Waals surface area contributed by atoms with E-state index in [-0.39, 0.29) is 0 Å². The lowest BCUT2D eigenvalue weighted by Crippen LogP contribution is -2.13. The summed E-state index contributed by atoms with van der Waals surface area (Å²) in [6.07, 6.45) is 6.48. The number of aromatic nitrogens is 1. The van der Waals surface area contributed by atoms with Gasteiger partial charge in [0.1, 0.15) is 0 Å². The molecule has 1 aromatic heterocycles. The maximum atomic E-state index is 3.38. The average Bonchev–Trinajstić information content (AvgIpc) is 2.66. The molecular weight excluding hydrogens is 184 g/mol. The molecule has 0 saturated heterocycles. The van der Waals surface area contributed by atoms with Crippen molar-refractivity contribution in [3.05, 3.63) is 24.0 Å². The molecule has 1 rings (SSSR count). The first-order chi connectivity index (χ1) is 7.36. The summed E-state index contributed by atoms with van der Waals surface area (Å²) in [4.78, 5) is 0. The number of rotatable bonds is 6. The third-order valence-corrected chi connectivity index (χ3v) is 2.23. The number of aryl methyl sites for hydroxylation is 1. The van der Waals surface area contributed by atoms with E-state index < -0.39 is 0 Å². The van der Waals surface area contributed by atoms with Crippen molar-refractivity contribution in [2.24, 2.45) is 0 Å². The maximum absolute atomic E-state index is 3.38. The third kappa shape index (κ3) is 4.71. The summed E-state index contributed by atoms with van der Waals surface area (Å²) in [6.45, 7) is 7.11. The Kier molecular flexibility index (Phi) is 5.65. The SMILES string of the molecule is CC#CCCNCc1ccn(CCC)c1. The van der Waals surface area contributed by atoms with Crippen molar-refractivity contribution in [3.63, 3.8) is 0 Å². The molecule has 0 amide bonds. The summed E-state index contributed by atoms with van der Waals surface area (Å²) >= 11 is 0. The van der Waals surface area contributed by atoms with Crippen LogP contribution in [0.5, 0.6) is 0 Å². The molecule has 0 aliphatic rings. The van der Waals surface area contributed by atoms with E-state index >= 15 is 0 Å². The van der Waals surface area contributed by atoms with E-state index in [0.717, 1.165) is 26.1 Å². The molecule has 0 saturated carbocycles. The first-order valence-electron chi connectivity index (χ1n) is 5.61. The van der Waals surface area contributed by atoms with Gasteiger partial charge in [0.25, 0.3) is 0 Å². The van der Waals surface area contributed by atoms with Crippen LogP contribution in [-0.2, 0) is 13.1 Å². The van der Waals surface area contributed by atoms with Crippen LogP contribution in [0.25, 0.3) is 0 Å². The second kappa shape index (κ2) is 7.14. The van der Waals surface area contributed by atoms with E-state index in [1.165, 1.54) is 12.0 Å². The van der Waals surface area contributed by atoms with Crippen LogP contribution in [0.4, 0.5) is 0 Å². The minimum atomic E-state index is 0.937. The third-order valence-electron chi connectivity index (χ3n) is 2.23. The maximum Gasteiger partial charge on any atom is 0.0220 e. The van der Waals surface area contributed by atoms with Gasteiger partial charge < -0.3 is 9.88 Å². The highest BCUT2D eigenvalue weighted by atomic mass is 14.9. The zero-order valence-corrected chi connectivity index (χ0v) is 9.71. The number of hydrogen-bond donors (Lipinski definition) is 1. The van der Waals surface area contributed by atoms with Crippen molar-refractivity contribution in [3.8, 4) is 11.8 Å². The normalized spacial score (nSPS) is 9.73. The van der Waals surface area contributed by atoms with Gasteiger partial charge in [0.05, 0.1) is 0 Å². The molecule has 0 spiro atoms. The highest BCUT2D eigenvalue weighted by molar-refractivity contribution is 5.09. The van der Waals surface area contributed by atoms with Gasteiger partial charge in [-0.25, -0.2) is 0 Å². The lowest BCUT2D eigenvalue weighted by atomic mass is 10.3. The van der Waals surface area contributed by atoms with Crippen molar-refractivity contribution >= 4 is 0 Å². The van der Waals surface area contributed by atoms with Crippen molar-refractivity contribution in [2.75, 3.05) is 6.54 Å². The van der Waals surface area contributed by atoms with Crippen LogP contribution in [0.2, 0.25) is 0 Å². The highest BCUT2D eigenvalue weighted by Crippen LogP contribution is 2.01. The molecule has 0 radical (unpaired) electrons. The van der Waals surface area contributed by atoms with Crippen LogP contribution in [-0.4, -0.2) is 11.1 Å². The summed E-state index contributed by atoms with van der Waals surface area (Å²) in [7, 11) is 0. The molecule has 0 fully saturated rings. The van der Waals surface area contributed by atoms with Gasteiger partial charge in [0, 0.05) is 38.4 Å². The quantitative estimate of drug-likeness (QED) is 0.556. The fourth-order valence-electron chi connectivity index (χ4n) is 1.50. The monoisotopic (exact) mass is 204 g/mol. The molecular formula is C13H20N2. The standard InChI is InChI=1S/C13H20N2/c1-3-5-6-8-14-11-13-7-10-15(12-13)9-4-2/h7,10,12,14H,4,6,8-9,11H2,1-2H3. The first kappa shape index (κ1) is 11.9. The Labute approximate surface area is 92.7 Å². The largest absolute Gasteiger partial charge is 0.354 e.